The minimum Gasteiger partial charge on any atom is -0.480 e. The number of likely N-dealkylation sites (N-methyl/N-ethyl adjacent to an activating group) is 2. The maximum absolute atomic E-state index is 15.0. The van der Waals surface area contributed by atoms with Gasteiger partial charge in [0, 0.05) is 86.9 Å². The van der Waals surface area contributed by atoms with E-state index in [0.29, 0.717) is 0 Å². The molecule has 29 nitrogen and oxygen atoms in total. The third kappa shape index (κ3) is 23.9. The van der Waals surface area contributed by atoms with E-state index >= 15 is 0 Å². The minimum atomic E-state index is -1.93. The second-order valence-corrected chi connectivity index (χ2v) is 19.6. The average molecular weight is 1450 g/mol. The molecule has 1 rings (SSSR count). The van der Waals surface area contributed by atoms with E-state index in [1.54, 1.807) is 67.8 Å². The molecule has 1 aromatic rings. The van der Waals surface area contributed by atoms with Gasteiger partial charge in [-0.05, 0) is 67.8 Å². The summed E-state index contributed by atoms with van der Waals surface area (Å²) in [5.74, 6) is -14.5. The standard InChI is InChI=1S/C46H58I3N3O26/c1-19(53)69-15-31(73-23(5)57)43(77-27(9)61)41(75-25(7)59)29(71-21(3)55)13-51(11)45(66)35-37(47)36(39(49)40(38(35)48)50-33(63)17-68-18-34(64)65)46(67)52(12)14-30(72-22(4)56)42(76-26(8)60)44(78-28(10)62)32(74-24(6)58)16-70-20(2)54/h29-32,41-44H,13-18H2,1-12H3,(H,50,63)(H,64,65). The van der Waals surface area contributed by atoms with Crippen molar-refractivity contribution in [3.05, 3.63) is 21.8 Å². The summed E-state index contributed by atoms with van der Waals surface area (Å²) in [4.78, 5) is 181. The zero-order valence-electron chi connectivity index (χ0n) is 44.0. The fourth-order valence-corrected chi connectivity index (χ4v) is 11.2. The van der Waals surface area contributed by atoms with Gasteiger partial charge in [0.1, 0.15) is 26.4 Å². The number of ether oxygens (including phenoxy) is 11. The van der Waals surface area contributed by atoms with Crippen LogP contribution in [-0.2, 0) is 110 Å². The van der Waals surface area contributed by atoms with Gasteiger partial charge in [0.25, 0.3) is 11.8 Å². The van der Waals surface area contributed by atoms with E-state index < -0.39 is 172 Å². The predicted octanol–water partition coefficient (Wildman–Crippen LogP) is 1.26. The van der Waals surface area contributed by atoms with Crippen molar-refractivity contribution in [2.24, 2.45) is 0 Å². The van der Waals surface area contributed by atoms with E-state index in [1.165, 1.54) is 0 Å². The molecule has 0 saturated carbocycles. The molecule has 0 saturated heterocycles. The Balaban J connectivity index is 4.36. The lowest BCUT2D eigenvalue weighted by Gasteiger charge is -2.37. The number of nitrogens with zero attached hydrogens (tertiary/aromatic N) is 2. The Morgan fingerprint density at radius 2 is 0.705 bits per heavy atom. The first-order valence-electron chi connectivity index (χ1n) is 22.5. The number of nitrogens with one attached hydrogen (secondary N) is 1. The van der Waals surface area contributed by atoms with Crippen molar-refractivity contribution in [1.82, 2.24) is 9.80 Å². The van der Waals surface area contributed by atoms with Gasteiger partial charge in [-0.3, -0.25) is 62.3 Å². The Kier molecular flexibility index (Phi) is 30.0. The third-order valence-corrected chi connectivity index (χ3v) is 12.8. The molecule has 1 aromatic carbocycles. The number of carbonyl (C=O) groups excluding carboxylic acids is 13. The summed E-state index contributed by atoms with van der Waals surface area (Å²) >= 11 is 4.97. The van der Waals surface area contributed by atoms with Crippen molar-refractivity contribution in [2.75, 3.05) is 58.9 Å². The van der Waals surface area contributed by atoms with Crippen LogP contribution in [0.4, 0.5) is 5.69 Å². The molecule has 434 valence electrons. The summed E-state index contributed by atoms with van der Waals surface area (Å²) in [5.41, 5.74) is -0.940. The lowest BCUT2D eigenvalue weighted by molar-refractivity contribution is -0.203. The number of esters is 10. The first kappa shape index (κ1) is 70.0. The van der Waals surface area contributed by atoms with Gasteiger partial charge in [-0.1, -0.05) is 0 Å². The van der Waals surface area contributed by atoms with Crippen LogP contribution in [0.5, 0.6) is 0 Å². The number of amides is 3. The lowest BCUT2D eigenvalue weighted by atomic mass is 10.0. The molecule has 3 amide bonds. The van der Waals surface area contributed by atoms with Gasteiger partial charge >= 0.3 is 65.7 Å². The van der Waals surface area contributed by atoms with E-state index in [2.05, 4.69) is 5.32 Å². The molecule has 0 aliphatic heterocycles. The highest BCUT2D eigenvalue weighted by Gasteiger charge is 2.47. The second-order valence-electron chi connectivity index (χ2n) is 16.4. The van der Waals surface area contributed by atoms with Crippen molar-refractivity contribution in [3.8, 4) is 0 Å². The zero-order valence-corrected chi connectivity index (χ0v) is 50.5. The summed E-state index contributed by atoms with van der Waals surface area (Å²) in [6, 6.07) is 0. The molecule has 0 aliphatic carbocycles. The molecule has 0 aromatic heterocycles. The molecular formula is C46H58I3N3O26. The van der Waals surface area contributed by atoms with Crippen LogP contribution in [0, 0.1) is 10.7 Å². The van der Waals surface area contributed by atoms with Gasteiger partial charge in [0.15, 0.2) is 48.8 Å². The molecular weight excluding hydrogens is 1390 g/mol. The Labute approximate surface area is 486 Å². The van der Waals surface area contributed by atoms with Crippen LogP contribution in [-0.4, -0.2) is 201 Å². The van der Waals surface area contributed by atoms with Gasteiger partial charge in [0.05, 0.1) is 37.0 Å². The summed E-state index contributed by atoms with van der Waals surface area (Å²) in [6.45, 7) is 4.67. The topological polar surface area (TPSA) is 379 Å². The maximum Gasteiger partial charge on any atom is 0.329 e. The van der Waals surface area contributed by atoms with Crippen molar-refractivity contribution >= 4 is 157 Å². The molecule has 0 spiro atoms. The number of hydrogen-bond donors (Lipinski definition) is 2. The highest BCUT2D eigenvalue weighted by atomic mass is 127. The van der Waals surface area contributed by atoms with Gasteiger partial charge in [-0.2, -0.15) is 0 Å². The number of rotatable bonds is 29. The van der Waals surface area contributed by atoms with Crippen LogP contribution in [0.1, 0.15) is 90.0 Å². The van der Waals surface area contributed by atoms with E-state index in [4.69, 9.17) is 57.2 Å². The number of carboxylic acids is 1. The predicted molar refractivity (Wildman–Crippen MR) is 283 cm³/mol. The van der Waals surface area contributed by atoms with Crippen LogP contribution in [0.2, 0.25) is 0 Å². The monoisotopic (exact) mass is 1450 g/mol. The first-order chi connectivity index (χ1) is 36.1. The Bertz CT molecular complexity index is 2320. The van der Waals surface area contributed by atoms with Crippen LogP contribution in [0.25, 0.3) is 0 Å². The Morgan fingerprint density at radius 3 is 0.974 bits per heavy atom. The molecule has 8 atom stereocenters. The van der Waals surface area contributed by atoms with Crippen molar-refractivity contribution < 1.29 is 124 Å². The molecule has 0 aliphatic rings. The molecule has 2 N–H and O–H groups in total. The number of halogens is 3. The summed E-state index contributed by atoms with van der Waals surface area (Å²) in [5, 5.41) is 11.6. The number of hydrogen-bond acceptors (Lipinski definition) is 25. The molecule has 0 bridgehead atoms. The van der Waals surface area contributed by atoms with Crippen molar-refractivity contribution in [2.45, 2.75) is 118 Å². The first-order valence-corrected chi connectivity index (χ1v) is 25.8. The number of anilines is 1. The maximum atomic E-state index is 15.0. The average Bonchev–Trinajstić information content (AvgIpc) is 3.28. The molecule has 8 unspecified atom stereocenters. The number of aliphatic carboxylic acids is 1. The fourth-order valence-electron chi connectivity index (χ4n) is 6.89. The van der Waals surface area contributed by atoms with Crippen LogP contribution in [0.15, 0.2) is 0 Å². The van der Waals surface area contributed by atoms with E-state index in [9.17, 15) is 67.1 Å². The molecule has 0 fully saturated rings. The SMILES string of the molecule is CC(=O)OCC(OC(C)=O)C(OC(C)=O)C(OC(C)=O)C(CN(C)C(=O)c1c(I)c(NC(=O)COCC(=O)O)c(I)c(C(=O)N(C)CC(OC(C)=O)C(OC(C)=O)C(OC(C)=O)C(COC(C)=O)OC(C)=O)c1I)OC(C)=O. The van der Waals surface area contributed by atoms with Gasteiger partial charge in [-0.15, -0.1) is 0 Å². The van der Waals surface area contributed by atoms with Gasteiger partial charge in [0.2, 0.25) is 5.91 Å². The van der Waals surface area contributed by atoms with Crippen molar-refractivity contribution in [3.63, 3.8) is 0 Å². The van der Waals surface area contributed by atoms with E-state index in [0.717, 1.165) is 93.1 Å². The summed E-state index contributed by atoms with van der Waals surface area (Å²) in [6.07, 6.45) is -14.7. The highest BCUT2D eigenvalue weighted by molar-refractivity contribution is 14.1. The van der Waals surface area contributed by atoms with Crippen LogP contribution >= 0.6 is 67.8 Å². The van der Waals surface area contributed by atoms with E-state index in [-0.39, 0.29) is 27.5 Å². The van der Waals surface area contributed by atoms with Gasteiger partial charge < -0.3 is 72.3 Å². The molecule has 78 heavy (non-hydrogen) atoms. The number of benzene rings is 1. The normalized spacial score (nSPS) is 13.8. The minimum absolute atomic E-state index is 0.0695. The number of carbonyl (C=O) groups is 14. The largest absolute Gasteiger partial charge is 0.480 e. The van der Waals surface area contributed by atoms with Crippen LogP contribution < -0.4 is 5.32 Å². The smallest absolute Gasteiger partial charge is 0.329 e. The van der Waals surface area contributed by atoms with Crippen molar-refractivity contribution in [1.29, 1.82) is 0 Å². The zero-order chi connectivity index (χ0) is 60.0. The summed E-state index contributed by atoms with van der Waals surface area (Å²) < 4.78 is 58.4. The molecule has 0 heterocycles. The highest BCUT2D eigenvalue weighted by Crippen LogP contribution is 2.37. The molecule has 0 radical (unpaired) electrons. The number of carboxylic acid groups (broad SMARTS) is 1. The second kappa shape index (κ2) is 33.4. The lowest BCUT2D eigenvalue weighted by Crippen LogP contribution is -2.56. The van der Waals surface area contributed by atoms with Gasteiger partial charge in [-0.25, -0.2) is 4.79 Å². The third-order valence-electron chi connectivity index (χ3n) is 9.56. The quantitative estimate of drug-likeness (QED) is 0.0648. The van der Waals surface area contributed by atoms with Crippen LogP contribution in [0.3, 0.4) is 0 Å². The fraction of sp³-hybridized carbons (Fsp3) is 0.565. The Hall–Kier alpha value is -6.05. The molecule has 32 heteroatoms. The Morgan fingerprint density at radius 1 is 0.423 bits per heavy atom. The summed E-state index contributed by atoms with van der Waals surface area (Å²) in [7, 11) is 2.32. The van der Waals surface area contributed by atoms with E-state index in [1.807, 2.05) is 0 Å².